The van der Waals surface area contributed by atoms with Crippen molar-refractivity contribution >= 4 is 27.6 Å². The molecule has 0 aliphatic rings. The summed E-state index contributed by atoms with van der Waals surface area (Å²) in [7, 11) is -3.81. The van der Waals surface area contributed by atoms with Crippen LogP contribution in [-0.4, -0.2) is 23.8 Å². The Balaban J connectivity index is 2.05. The summed E-state index contributed by atoms with van der Waals surface area (Å²) >= 11 is 6.02. The van der Waals surface area contributed by atoms with E-state index in [4.69, 9.17) is 16.7 Å². The molecule has 30 heavy (non-hydrogen) atoms. The fourth-order valence-electron chi connectivity index (χ4n) is 3.31. The predicted octanol–water partition coefficient (Wildman–Crippen LogP) is 5.38. The van der Waals surface area contributed by atoms with Crippen molar-refractivity contribution < 1.29 is 18.3 Å². The largest absolute Gasteiger partial charge is 0.478 e. The van der Waals surface area contributed by atoms with Gasteiger partial charge in [-0.15, -0.1) is 0 Å². The SMILES string of the molecule is CC[C@@H](c1ccc(Cl)cc1)N(Cc1ccc(C(=O)O)cc1)S(=O)(=O)c1ccccc1. The molecule has 3 aromatic rings. The van der Waals surface area contributed by atoms with Crippen molar-refractivity contribution in [3.63, 3.8) is 0 Å². The number of carboxylic acid groups (broad SMARTS) is 1. The maximum Gasteiger partial charge on any atom is 0.335 e. The maximum absolute atomic E-state index is 13.6. The molecule has 0 aromatic heterocycles. The van der Waals surface area contributed by atoms with E-state index < -0.39 is 22.0 Å². The number of rotatable bonds is 8. The van der Waals surface area contributed by atoms with Crippen LogP contribution in [0.1, 0.15) is 40.9 Å². The van der Waals surface area contributed by atoms with Crippen LogP contribution in [0, 0.1) is 0 Å². The van der Waals surface area contributed by atoms with Gasteiger partial charge in [0.1, 0.15) is 0 Å². The first-order chi connectivity index (χ1) is 14.3. The van der Waals surface area contributed by atoms with E-state index in [-0.39, 0.29) is 17.0 Å². The number of carbonyl (C=O) groups is 1. The van der Waals surface area contributed by atoms with Crippen LogP contribution < -0.4 is 0 Å². The molecule has 156 valence electrons. The van der Waals surface area contributed by atoms with E-state index in [0.29, 0.717) is 17.0 Å². The Bertz CT molecular complexity index is 1100. The molecule has 0 amide bonds. The van der Waals surface area contributed by atoms with Crippen molar-refractivity contribution in [3.8, 4) is 0 Å². The molecule has 0 bridgehead atoms. The predicted molar refractivity (Wildman–Crippen MR) is 117 cm³/mol. The summed E-state index contributed by atoms with van der Waals surface area (Å²) in [5.41, 5.74) is 1.69. The molecule has 1 atom stereocenters. The average Bonchev–Trinajstić information content (AvgIpc) is 2.75. The molecular weight excluding hydrogens is 422 g/mol. The lowest BCUT2D eigenvalue weighted by Crippen LogP contribution is -2.34. The summed E-state index contributed by atoms with van der Waals surface area (Å²) in [6.45, 7) is 2.04. The molecule has 0 aliphatic heterocycles. The van der Waals surface area contributed by atoms with E-state index in [0.717, 1.165) is 5.56 Å². The Morgan fingerprint density at radius 1 is 0.967 bits per heavy atom. The van der Waals surface area contributed by atoms with Crippen LogP contribution in [0.4, 0.5) is 0 Å². The first-order valence-corrected chi connectivity index (χ1v) is 11.3. The fourth-order valence-corrected chi connectivity index (χ4v) is 5.14. The quantitative estimate of drug-likeness (QED) is 0.507. The lowest BCUT2D eigenvalue weighted by molar-refractivity contribution is 0.0697. The third-order valence-corrected chi connectivity index (χ3v) is 7.00. The molecule has 3 rings (SSSR count). The lowest BCUT2D eigenvalue weighted by Gasteiger charge is -2.31. The van der Waals surface area contributed by atoms with Gasteiger partial charge in [0.2, 0.25) is 10.0 Å². The second kappa shape index (κ2) is 9.43. The van der Waals surface area contributed by atoms with Crippen molar-refractivity contribution in [3.05, 3.63) is 101 Å². The number of aromatic carboxylic acids is 1. The zero-order valence-corrected chi connectivity index (χ0v) is 18.0. The highest BCUT2D eigenvalue weighted by Crippen LogP contribution is 2.32. The minimum atomic E-state index is -3.81. The molecule has 5 nitrogen and oxygen atoms in total. The third kappa shape index (κ3) is 4.90. The number of sulfonamides is 1. The van der Waals surface area contributed by atoms with E-state index in [2.05, 4.69) is 0 Å². The van der Waals surface area contributed by atoms with E-state index in [1.165, 1.54) is 16.4 Å². The van der Waals surface area contributed by atoms with E-state index >= 15 is 0 Å². The van der Waals surface area contributed by atoms with Gasteiger partial charge in [0, 0.05) is 11.6 Å². The van der Waals surface area contributed by atoms with Gasteiger partial charge >= 0.3 is 5.97 Å². The van der Waals surface area contributed by atoms with Crippen LogP contribution in [-0.2, 0) is 16.6 Å². The highest BCUT2D eigenvalue weighted by Gasteiger charge is 2.31. The van der Waals surface area contributed by atoms with Crippen molar-refractivity contribution in [1.82, 2.24) is 4.31 Å². The van der Waals surface area contributed by atoms with Gasteiger partial charge in [0.05, 0.1) is 16.5 Å². The molecule has 0 unspecified atom stereocenters. The zero-order valence-electron chi connectivity index (χ0n) is 16.4. The average molecular weight is 444 g/mol. The number of halogens is 1. The monoisotopic (exact) mass is 443 g/mol. The van der Waals surface area contributed by atoms with Crippen molar-refractivity contribution in [2.75, 3.05) is 0 Å². The summed E-state index contributed by atoms with van der Waals surface area (Å²) < 4.78 is 28.6. The Morgan fingerprint density at radius 3 is 2.10 bits per heavy atom. The Morgan fingerprint density at radius 2 is 1.57 bits per heavy atom. The maximum atomic E-state index is 13.6. The molecule has 0 fully saturated rings. The smallest absolute Gasteiger partial charge is 0.335 e. The van der Waals surface area contributed by atoms with Crippen LogP contribution >= 0.6 is 11.6 Å². The van der Waals surface area contributed by atoms with Gasteiger partial charge in [-0.3, -0.25) is 0 Å². The van der Waals surface area contributed by atoms with Gasteiger partial charge in [0.25, 0.3) is 0 Å². The number of hydrogen-bond acceptors (Lipinski definition) is 3. The summed E-state index contributed by atoms with van der Waals surface area (Å²) in [4.78, 5) is 11.3. The minimum Gasteiger partial charge on any atom is -0.478 e. The van der Waals surface area contributed by atoms with Crippen LogP contribution in [0.2, 0.25) is 5.02 Å². The van der Waals surface area contributed by atoms with Crippen molar-refractivity contribution in [2.24, 2.45) is 0 Å². The molecule has 0 radical (unpaired) electrons. The Labute approximate surface area is 181 Å². The first kappa shape index (κ1) is 22.0. The second-order valence-corrected chi connectivity index (χ2v) is 9.17. The highest BCUT2D eigenvalue weighted by molar-refractivity contribution is 7.89. The number of carboxylic acids is 1. The number of benzene rings is 3. The summed E-state index contributed by atoms with van der Waals surface area (Å²) in [6, 6.07) is 21.3. The van der Waals surface area contributed by atoms with Crippen LogP contribution in [0.3, 0.4) is 0 Å². The summed E-state index contributed by atoms with van der Waals surface area (Å²) in [5.74, 6) is -1.03. The fraction of sp³-hybridized carbons (Fsp3) is 0.174. The van der Waals surface area contributed by atoms with Gasteiger partial charge in [-0.1, -0.05) is 61.0 Å². The first-order valence-electron chi connectivity index (χ1n) is 9.47. The van der Waals surface area contributed by atoms with E-state index in [9.17, 15) is 13.2 Å². The van der Waals surface area contributed by atoms with Crippen LogP contribution in [0.15, 0.2) is 83.8 Å². The Kier molecular flexibility index (Phi) is 6.92. The molecule has 0 saturated carbocycles. The lowest BCUT2D eigenvalue weighted by atomic mass is 10.0. The van der Waals surface area contributed by atoms with Gasteiger partial charge in [-0.25, -0.2) is 13.2 Å². The normalized spacial score (nSPS) is 12.6. The molecule has 0 heterocycles. The van der Waals surface area contributed by atoms with Gasteiger partial charge in [0.15, 0.2) is 0 Å². The molecule has 0 saturated heterocycles. The minimum absolute atomic E-state index is 0.109. The van der Waals surface area contributed by atoms with E-state index in [1.807, 2.05) is 19.1 Å². The second-order valence-electron chi connectivity index (χ2n) is 6.84. The molecule has 0 spiro atoms. The van der Waals surface area contributed by atoms with Gasteiger partial charge in [-0.05, 0) is 53.9 Å². The third-order valence-electron chi connectivity index (χ3n) is 4.88. The number of nitrogens with zero attached hydrogens (tertiary/aromatic N) is 1. The van der Waals surface area contributed by atoms with Crippen LogP contribution in [0.25, 0.3) is 0 Å². The molecule has 3 aromatic carbocycles. The molecule has 0 aliphatic carbocycles. The summed E-state index contributed by atoms with van der Waals surface area (Å²) in [5, 5.41) is 9.69. The van der Waals surface area contributed by atoms with Gasteiger partial charge in [-0.2, -0.15) is 4.31 Å². The van der Waals surface area contributed by atoms with Crippen molar-refractivity contribution in [1.29, 1.82) is 0 Å². The topological polar surface area (TPSA) is 74.7 Å². The zero-order chi connectivity index (χ0) is 21.7. The van der Waals surface area contributed by atoms with Crippen molar-refractivity contribution in [2.45, 2.75) is 30.8 Å². The number of hydrogen-bond donors (Lipinski definition) is 1. The summed E-state index contributed by atoms with van der Waals surface area (Å²) in [6.07, 6.45) is 0.556. The van der Waals surface area contributed by atoms with Gasteiger partial charge < -0.3 is 5.11 Å². The standard InChI is InChI=1S/C23H22ClNO4S/c1-2-22(18-12-14-20(24)15-13-18)25(30(28,29)21-6-4-3-5-7-21)16-17-8-10-19(11-9-17)23(26)27/h3-15,22H,2,16H2,1H3,(H,26,27)/t22-/m0/s1. The van der Waals surface area contributed by atoms with Crippen LogP contribution in [0.5, 0.6) is 0 Å². The Hall–Kier alpha value is -2.67. The molecule has 7 heteroatoms. The van der Waals surface area contributed by atoms with E-state index in [1.54, 1.807) is 54.6 Å². The highest BCUT2D eigenvalue weighted by atomic mass is 35.5. The molecular formula is C23H22ClNO4S. The molecule has 1 N–H and O–H groups in total.